The summed E-state index contributed by atoms with van der Waals surface area (Å²) in [5.41, 5.74) is 0. The molecule has 0 radical (unpaired) electrons. The Labute approximate surface area is 138 Å². The van der Waals surface area contributed by atoms with E-state index in [4.69, 9.17) is 0 Å². The average Bonchev–Trinajstić information content (AvgIpc) is 3.06. The zero-order valence-electron chi connectivity index (χ0n) is 13.7. The van der Waals surface area contributed by atoms with E-state index in [9.17, 15) is 8.42 Å². The molecule has 0 aromatic carbocycles. The van der Waals surface area contributed by atoms with Crippen molar-refractivity contribution in [2.75, 3.05) is 13.1 Å². The Morgan fingerprint density at radius 1 is 1.14 bits per heavy atom. The first-order chi connectivity index (χ1) is 10.4. The van der Waals surface area contributed by atoms with Crippen LogP contribution in [-0.4, -0.2) is 48.8 Å². The summed E-state index contributed by atoms with van der Waals surface area (Å²) in [5, 5.41) is 0. The number of nitrogens with zero attached hydrogens (tertiary/aromatic N) is 2. The first-order valence-electron chi connectivity index (χ1n) is 8.23. The number of rotatable bonds is 3. The quantitative estimate of drug-likeness (QED) is 0.847. The first-order valence-corrected chi connectivity index (χ1v) is 10.5. The van der Waals surface area contributed by atoms with E-state index in [1.54, 1.807) is 10.4 Å². The van der Waals surface area contributed by atoms with Crippen LogP contribution in [0.5, 0.6) is 0 Å². The maximum atomic E-state index is 12.8. The molecule has 0 unspecified atom stereocenters. The second-order valence-electron chi connectivity index (χ2n) is 6.75. The third kappa shape index (κ3) is 2.98. The number of aryl methyl sites for hydroxylation is 1. The molecule has 1 aromatic heterocycles. The molecule has 0 spiro atoms. The fraction of sp³-hybridized carbons (Fsp3) is 0.750. The molecule has 1 aromatic rings. The molecule has 4 nitrogen and oxygen atoms in total. The molecule has 22 heavy (non-hydrogen) atoms. The lowest BCUT2D eigenvalue weighted by Crippen LogP contribution is -2.52. The van der Waals surface area contributed by atoms with E-state index < -0.39 is 10.0 Å². The Kier molecular flexibility index (Phi) is 4.65. The molecule has 0 bridgehead atoms. The van der Waals surface area contributed by atoms with Crippen molar-refractivity contribution < 1.29 is 8.42 Å². The van der Waals surface area contributed by atoms with Gasteiger partial charge < -0.3 is 0 Å². The largest absolute Gasteiger partial charge is 0.294 e. The zero-order valence-corrected chi connectivity index (χ0v) is 15.3. The maximum absolute atomic E-state index is 12.8. The van der Waals surface area contributed by atoms with Crippen molar-refractivity contribution in [1.82, 2.24) is 9.21 Å². The maximum Gasteiger partial charge on any atom is 0.252 e. The van der Waals surface area contributed by atoms with Crippen LogP contribution in [0.1, 0.15) is 44.4 Å². The molecular weight excluding hydrogens is 316 g/mol. The second kappa shape index (κ2) is 6.23. The number of hydrogen-bond donors (Lipinski definition) is 0. The van der Waals surface area contributed by atoms with E-state index in [1.807, 2.05) is 13.0 Å². The van der Waals surface area contributed by atoms with E-state index in [1.165, 1.54) is 24.2 Å². The van der Waals surface area contributed by atoms with Crippen LogP contribution in [0.4, 0.5) is 0 Å². The van der Waals surface area contributed by atoms with Gasteiger partial charge in [-0.15, -0.1) is 11.3 Å². The van der Waals surface area contributed by atoms with E-state index in [0.717, 1.165) is 17.7 Å². The minimum absolute atomic E-state index is 0.372. The summed E-state index contributed by atoms with van der Waals surface area (Å²) in [6.07, 6.45) is 4.54. The summed E-state index contributed by atoms with van der Waals surface area (Å²) in [4.78, 5) is 3.61. The molecule has 6 heteroatoms. The van der Waals surface area contributed by atoms with Crippen molar-refractivity contribution in [3.63, 3.8) is 0 Å². The number of likely N-dealkylation sites (tertiary alicyclic amines) is 1. The first kappa shape index (κ1) is 16.4. The van der Waals surface area contributed by atoms with Crippen molar-refractivity contribution in [3.05, 3.63) is 17.0 Å². The fourth-order valence-electron chi connectivity index (χ4n) is 4.00. The highest BCUT2D eigenvalue weighted by Crippen LogP contribution is 2.32. The smallest absolute Gasteiger partial charge is 0.252 e. The minimum Gasteiger partial charge on any atom is -0.294 e. The Hall–Kier alpha value is -0.430. The highest BCUT2D eigenvalue weighted by atomic mass is 32.2. The summed E-state index contributed by atoms with van der Waals surface area (Å²) in [7, 11) is -3.31. The molecule has 0 N–H and O–H groups in total. The van der Waals surface area contributed by atoms with Crippen LogP contribution >= 0.6 is 11.3 Å². The Balaban J connectivity index is 1.78. The molecule has 0 saturated carbocycles. The summed E-state index contributed by atoms with van der Waals surface area (Å²) in [6.45, 7) is 7.82. The van der Waals surface area contributed by atoms with Gasteiger partial charge in [0.05, 0.1) is 0 Å². The molecule has 2 fully saturated rings. The lowest BCUT2D eigenvalue weighted by atomic mass is 10.0. The standard InChI is InChI=1S/C16H26N2O2S2/c1-12-6-7-13(2)18(12)15-5-4-10-17(11-15)22(19,20)16-9-8-14(3)21-16/h8-9,12-13,15H,4-7,10-11H2,1-3H3/t12-,13+,15-/m1/s1. The van der Waals surface area contributed by atoms with Gasteiger partial charge in [-0.25, -0.2) is 8.42 Å². The summed E-state index contributed by atoms with van der Waals surface area (Å²) in [6, 6.07) is 5.17. The van der Waals surface area contributed by atoms with Gasteiger partial charge in [0.15, 0.2) is 0 Å². The molecule has 2 aliphatic rings. The number of thiophene rings is 1. The molecule has 0 amide bonds. The van der Waals surface area contributed by atoms with Crippen molar-refractivity contribution in [3.8, 4) is 0 Å². The third-order valence-electron chi connectivity index (χ3n) is 5.11. The van der Waals surface area contributed by atoms with Crippen LogP contribution < -0.4 is 0 Å². The predicted molar refractivity (Wildman–Crippen MR) is 90.8 cm³/mol. The Morgan fingerprint density at radius 2 is 1.82 bits per heavy atom. The van der Waals surface area contributed by atoms with Crippen LogP contribution in [0.2, 0.25) is 0 Å². The lowest BCUT2D eigenvalue weighted by molar-refractivity contribution is 0.0980. The monoisotopic (exact) mass is 342 g/mol. The summed E-state index contributed by atoms with van der Waals surface area (Å²) < 4.78 is 27.9. The highest BCUT2D eigenvalue weighted by Gasteiger charge is 2.38. The van der Waals surface area contributed by atoms with Crippen LogP contribution in [-0.2, 0) is 10.0 Å². The molecule has 2 aliphatic heterocycles. The van der Waals surface area contributed by atoms with Crippen molar-refractivity contribution >= 4 is 21.4 Å². The van der Waals surface area contributed by atoms with Gasteiger partial charge in [-0.05, 0) is 58.6 Å². The molecule has 3 rings (SSSR count). The number of sulfonamides is 1. The van der Waals surface area contributed by atoms with Crippen molar-refractivity contribution in [2.45, 2.75) is 68.8 Å². The fourth-order valence-corrected chi connectivity index (χ4v) is 6.95. The van der Waals surface area contributed by atoms with Gasteiger partial charge in [0.1, 0.15) is 4.21 Å². The molecule has 124 valence electrons. The van der Waals surface area contributed by atoms with Gasteiger partial charge in [0.2, 0.25) is 0 Å². The number of hydrogen-bond acceptors (Lipinski definition) is 4. The molecule has 3 heterocycles. The van der Waals surface area contributed by atoms with Crippen molar-refractivity contribution in [1.29, 1.82) is 0 Å². The van der Waals surface area contributed by atoms with E-state index in [-0.39, 0.29) is 0 Å². The molecule has 3 atom stereocenters. The molecule has 2 saturated heterocycles. The average molecular weight is 343 g/mol. The van der Waals surface area contributed by atoms with E-state index >= 15 is 0 Å². The topological polar surface area (TPSA) is 40.6 Å². The third-order valence-corrected chi connectivity index (χ3v) is 8.44. The van der Waals surface area contributed by atoms with Crippen molar-refractivity contribution in [2.24, 2.45) is 0 Å². The van der Waals surface area contributed by atoms with Crippen LogP contribution in [0, 0.1) is 6.92 Å². The van der Waals surface area contributed by atoms with Crippen LogP contribution in [0.25, 0.3) is 0 Å². The lowest BCUT2D eigenvalue weighted by Gasteiger charge is -2.40. The summed E-state index contributed by atoms with van der Waals surface area (Å²) >= 11 is 1.38. The van der Waals surface area contributed by atoms with Gasteiger partial charge in [0.25, 0.3) is 10.0 Å². The van der Waals surface area contributed by atoms with Crippen LogP contribution in [0.3, 0.4) is 0 Å². The van der Waals surface area contributed by atoms with Gasteiger partial charge in [-0.3, -0.25) is 4.90 Å². The van der Waals surface area contributed by atoms with Gasteiger partial charge in [0, 0.05) is 36.1 Å². The zero-order chi connectivity index (χ0) is 15.9. The van der Waals surface area contributed by atoms with E-state index in [2.05, 4.69) is 18.7 Å². The minimum atomic E-state index is -3.31. The van der Waals surface area contributed by atoms with Gasteiger partial charge in [-0.2, -0.15) is 4.31 Å². The highest BCUT2D eigenvalue weighted by molar-refractivity contribution is 7.91. The Morgan fingerprint density at radius 3 is 2.41 bits per heavy atom. The van der Waals surface area contributed by atoms with E-state index in [0.29, 0.717) is 35.4 Å². The summed E-state index contributed by atoms with van der Waals surface area (Å²) in [5.74, 6) is 0. The molecular formula is C16H26N2O2S2. The SMILES string of the molecule is Cc1ccc(S(=O)(=O)N2CCC[C@@H](N3[C@H](C)CC[C@@H]3C)C2)s1. The van der Waals surface area contributed by atoms with Crippen LogP contribution in [0.15, 0.2) is 16.3 Å². The van der Waals surface area contributed by atoms with Gasteiger partial charge >= 0.3 is 0 Å². The normalized spacial score (nSPS) is 31.7. The van der Waals surface area contributed by atoms with Gasteiger partial charge in [-0.1, -0.05) is 0 Å². The number of piperidine rings is 1. The second-order valence-corrected chi connectivity index (χ2v) is 10.2. The predicted octanol–water partition coefficient (Wildman–Crippen LogP) is 3.08. The Bertz CT molecular complexity index is 616. The molecule has 0 aliphatic carbocycles.